The van der Waals surface area contributed by atoms with E-state index in [2.05, 4.69) is 9.88 Å². The minimum absolute atomic E-state index is 0.758. The molecule has 1 aromatic rings. The Kier molecular flexibility index (Phi) is 2.48. The first-order chi connectivity index (χ1) is 6.75. The first kappa shape index (κ1) is 9.19. The van der Waals surface area contributed by atoms with E-state index in [1.807, 2.05) is 25.1 Å². The predicted octanol–water partition coefficient (Wildman–Crippen LogP) is 1.96. The standard InChI is InChI=1S/C11H15N3/c1-9-4-2-5-10(13-9)8-14-7-3-6-11(14)12/h2,4-5,12H,3,6-8H2,1H3. The van der Waals surface area contributed by atoms with Crippen molar-refractivity contribution >= 4 is 5.84 Å². The molecule has 0 unspecified atom stereocenters. The summed E-state index contributed by atoms with van der Waals surface area (Å²) in [7, 11) is 0. The van der Waals surface area contributed by atoms with Gasteiger partial charge in [-0.05, 0) is 25.5 Å². The van der Waals surface area contributed by atoms with Crippen molar-refractivity contribution in [3.8, 4) is 0 Å². The first-order valence-corrected chi connectivity index (χ1v) is 5.00. The number of aryl methyl sites for hydroxylation is 1. The van der Waals surface area contributed by atoms with Gasteiger partial charge in [-0.3, -0.25) is 10.4 Å². The summed E-state index contributed by atoms with van der Waals surface area (Å²) in [6.45, 7) is 3.80. The van der Waals surface area contributed by atoms with Gasteiger partial charge in [-0.2, -0.15) is 0 Å². The molecule has 0 amide bonds. The molecule has 1 aromatic heterocycles. The number of aromatic nitrogens is 1. The van der Waals surface area contributed by atoms with Gasteiger partial charge in [0.25, 0.3) is 0 Å². The smallest absolute Gasteiger partial charge is 0.0961 e. The lowest BCUT2D eigenvalue weighted by atomic mass is 10.3. The van der Waals surface area contributed by atoms with E-state index in [4.69, 9.17) is 5.41 Å². The normalized spacial score (nSPS) is 16.4. The Morgan fingerprint density at radius 3 is 3.00 bits per heavy atom. The van der Waals surface area contributed by atoms with Gasteiger partial charge in [0.2, 0.25) is 0 Å². The highest BCUT2D eigenvalue weighted by molar-refractivity contribution is 5.80. The molecule has 0 aliphatic carbocycles. The molecule has 0 atom stereocenters. The third kappa shape index (κ3) is 1.92. The summed E-state index contributed by atoms with van der Waals surface area (Å²) in [5.41, 5.74) is 2.12. The number of likely N-dealkylation sites (tertiary alicyclic amines) is 1. The van der Waals surface area contributed by atoms with Crippen LogP contribution in [0.5, 0.6) is 0 Å². The number of hydrogen-bond acceptors (Lipinski definition) is 2. The molecule has 3 heteroatoms. The molecule has 14 heavy (non-hydrogen) atoms. The van der Waals surface area contributed by atoms with E-state index in [-0.39, 0.29) is 0 Å². The van der Waals surface area contributed by atoms with Crippen molar-refractivity contribution in [2.24, 2.45) is 0 Å². The summed E-state index contributed by atoms with van der Waals surface area (Å²) < 4.78 is 0. The maximum absolute atomic E-state index is 7.71. The fraction of sp³-hybridized carbons (Fsp3) is 0.455. The van der Waals surface area contributed by atoms with Gasteiger partial charge in [0.05, 0.1) is 18.1 Å². The average Bonchev–Trinajstić information content (AvgIpc) is 2.52. The van der Waals surface area contributed by atoms with Gasteiger partial charge < -0.3 is 4.90 Å². The van der Waals surface area contributed by atoms with Gasteiger partial charge in [0, 0.05) is 18.7 Å². The lowest BCUT2D eigenvalue weighted by molar-refractivity contribution is 0.439. The summed E-state index contributed by atoms with van der Waals surface area (Å²) in [6.07, 6.45) is 2.04. The molecule has 0 spiro atoms. The predicted molar refractivity (Wildman–Crippen MR) is 56.3 cm³/mol. The van der Waals surface area contributed by atoms with Crippen LogP contribution in [0.4, 0.5) is 0 Å². The Bertz CT molecular complexity index is 346. The van der Waals surface area contributed by atoms with E-state index in [1.54, 1.807) is 0 Å². The SMILES string of the molecule is Cc1cccc(CN2CCCC2=N)n1. The van der Waals surface area contributed by atoms with Gasteiger partial charge in [0.15, 0.2) is 0 Å². The summed E-state index contributed by atoms with van der Waals surface area (Å²) >= 11 is 0. The molecule has 1 aliphatic rings. The molecular formula is C11H15N3. The summed E-state index contributed by atoms with van der Waals surface area (Å²) in [4.78, 5) is 6.53. The third-order valence-corrected chi connectivity index (χ3v) is 2.52. The maximum atomic E-state index is 7.71. The van der Waals surface area contributed by atoms with Gasteiger partial charge in [-0.15, -0.1) is 0 Å². The molecule has 74 valence electrons. The second kappa shape index (κ2) is 3.78. The highest BCUT2D eigenvalue weighted by Crippen LogP contribution is 2.13. The van der Waals surface area contributed by atoms with E-state index >= 15 is 0 Å². The number of pyridine rings is 1. The van der Waals surface area contributed by atoms with Crippen LogP contribution in [0.3, 0.4) is 0 Å². The third-order valence-electron chi connectivity index (χ3n) is 2.52. The van der Waals surface area contributed by atoms with E-state index in [9.17, 15) is 0 Å². The van der Waals surface area contributed by atoms with Crippen LogP contribution in [0.25, 0.3) is 0 Å². The molecule has 3 nitrogen and oxygen atoms in total. The largest absolute Gasteiger partial charge is 0.355 e. The van der Waals surface area contributed by atoms with Crippen LogP contribution in [0.2, 0.25) is 0 Å². The number of hydrogen-bond donors (Lipinski definition) is 1. The van der Waals surface area contributed by atoms with Gasteiger partial charge in [0.1, 0.15) is 0 Å². The number of nitrogens with zero attached hydrogens (tertiary/aromatic N) is 2. The topological polar surface area (TPSA) is 40.0 Å². The monoisotopic (exact) mass is 189 g/mol. The molecule has 0 bridgehead atoms. The number of amidine groups is 1. The van der Waals surface area contributed by atoms with Crippen LogP contribution >= 0.6 is 0 Å². The molecule has 1 N–H and O–H groups in total. The van der Waals surface area contributed by atoms with Crippen molar-refractivity contribution < 1.29 is 0 Å². The Hall–Kier alpha value is -1.38. The fourth-order valence-corrected chi connectivity index (χ4v) is 1.79. The Morgan fingerprint density at radius 2 is 2.36 bits per heavy atom. The second-order valence-corrected chi connectivity index (χ2v) is 3.74. The van der Waals surface area contributed by atoms with Gasteiger partial charge >= 0.3 is 0 Å². The average molecular weight is 189 g/mol. The molecule has 1 aliphatic heterocycles. The highest BCUT2D eigenvalue weighted by Gasteiger charge is 2.16. The number of rotatable bonds is 2. The minimum Gasteiger partial charge on any atom is -0.355 e. The maximum Gasteiger partial charge on any atom is 0.0961 e. The molecule has 0 aromatic carbocycles. The molecule has 2 heterocycles. The summed E-state index contributed by atoms with van der Waals surface area (Å²) in [5, 5.41) is 7.71. The van der Waals surface area contributed by atoms with Crippen molar-refractivity contribution in [2.45, 2.75) is 26.3 Å². The van der Waals surface area contributed by atoms with Gasteiger partial charge in [-0.25, -0.2) is 0 Å². The molecule has 0 saturated carbocycles. The first-order valence-electron chi connectivity index (χ1n) is 5.00. The van der Waals surface area contributed by atoms with Crippen molar-refractivity contribution in [2.75, 3.05) is 6.54 Å². The Balaban J connectivity index is 2.07. The lowest BCUT2D eigenvalue weighted by Gasteiger charge is -2.16. The van der Waals surface area contributed by atoms with Crippen molar-refractivity contribution in [3.63, 3.8) is 0 Å². The summed E-state index contributed by atoms with van der Waals surface area (Å²) in [5.74, 6) is 0.758. The molecule has 0 radical (unpaired) electrons. The number of nitrogens with one attached hydrogen (secondary N) is 1. The summed E-state index contributed by atoms with van der Waals surface area (Å²) in [6, 6.07) is 6.05. The zero-order valence-electron chi connectivity index (χ0n) is 8.45. The lowest BCUT2D eigenvalue weighted by Crippen LogP contribution is -2.23. The van der Waals surface area contributed by atoms with Crippen LogP contribution < -0.4 is 0 Å². The van der Waals surface area contributed by atoms with E-state index < -0.39 is 0 Å². The van der Waals surface area contributed by atoms with Crippen LogP contribution in [-0.4, -0.2) is 22.3 Å². The van der Waals surface area contributed by atoms with E-state index in [0.717, 1.165) is 43.2 Å². The van der Waals surface area contributed by atoms with Crippen LogP contribution in [0.15, 0.2) is 18.2 Å². The van der Waals surface area contributed by atoms with Crippen molar-refractivity contribution in [1.29, 1.82) is 5.41 Å². The van der Waals surface area contributed by atoms with E-state index in [1.165, 1.54) is 0 Å². The van der Waals surface area contributed by atoms with Crippen LogP contribution in [0, 0.1) is 12.3 Å². The van der Waals surface area contributed by atoms with Crippen LogP contribution in [-0.2, 0) is 6.54 Å². The zero-order chi connectivity index (χ0) is 9.97. The minimum atomic E-state index is 0.758. The second-order valence-electron chi connectivity index (χ2n) is 3.74. The molecular weight excluding hydrogens is 174 g/mol. The Morgan fingerprint density at radius 1 is 1.50 bits per heavy atom. The molecule has 1 fully saturated rings. The van der Waals surface area contributed by atoms with Gasteiger partial charge in [-0.1, -0.05) is 6.07 Å². The molecule has 1 saturated heterocycles. The molecule has 2 rings (SSSR count). The zero-order valence-corrected chi connectivity index (χ0v) is 8.45. The quantitative estimate of drug-likeness (QED) is 0.772. The van der Waals surface area contributed by atoms with Crippen molar-refractivity contribution in [1.82, 2.24) is 9.88 Å². The highest BCUT2D eigenvalue weighted by atomic mass is 15.2. The van der Waals surface area contributed by atoms with E-state index in [0.29, 0.717) is 0 Å². The van der Waals surface area contributed by atoms with Crippen LogP contribution in [0.1, 0.15) is 24.2 Å². The van der Waals surface area contributed by atoms with Crippen molar-refractivity contribution in [3.05, 3.63) is 29.6 Å². The Labute approximate surface area is 84.3 Å². The fourth-order valence-electron chi connectivity index (χ4n) is 1.79.